The molecule has 0 unspecified atom stereocenters. The number of hydrogen-bond donors (Lipinski definition) is 4. The second-order valence-corrected chi connectivity index (χ2v) is 11.9. The van der Waals surface area contributed by atoms with E-state index in [1.54, 1.807) is 31.3 Å². The number of esters is 1. The van der Waals surface area contributed by atoms with Gasteiger partial charge in [-0.1, -0.05) is 29.8 Å². The molecular formula is C37H40ClN5O7. The fraction of sp³-hybridized carbons (Fsp3) is 0.270. The SMILES string of the molecule is CCOc1cc([C@H]2NC(=O)NC(C)=C2C(=O)OC)ccc1OC[C@@H](O)N/N=C/c1cc(C)n(-c2ccc(OCc3ccc(Cl)cc3)cc2)c1C. The van der Waals surface area contributed by atoms with Crippen molar-refractivity contribution in [1.29, 1.82) is 0 Å². The van der Waals surface area contributed by atoms with Gasteiger partial charge in [0.25, 0.3) is 0 Å². The highest BCUT2D eigenvalue weighted by Gasteiger charge is 2.32. The van der Waals surface area contributed by atoms with Crippen LogP contribution in [0.2, 0.25) is 5.02 Å². The molecule has 0 bridgehead atoms. The molecule has 3 aromatic carbocycles. The monoisotopic (exact) mass is 701 g/mol. The maximum atomic E-state index is 12.5. The predicted molar refractivity (Wildman–Crippen MR) is 190 cm³/mol. The molecule has 0 radical (unpaired) electrons. The Labute approximate surface area is 295 Å². The normalized spacial score (nSPS) is 14.9. The molecule has 13 heteroatoms. The number of nitrogens with one attached hydrogen (secondary N) is 3. The number of nitrogens with zero attached hydrogens (tertiary/aromatic N) is 2. The molecule has 4 N–H and O–H groups in total. The molecule has 0 fully saturated rings. The van der Waals surface area contributed by atoms with E-state index >= 15 is 0 Å². The first-order chi connectivity index (χ1) is 24.1. The van der Waals surface area contributed by atoms with E-state index in [1.165, 1.54) is 7.11 Å². The lowest BCUT2D eigenvalue weighted by Gasteiger charge is -2.28. The van der Waals surface area contributed by atoms with Gasteiger partial charge in [0.2, 0.25) is 0 Å². The first kappa shape index (κ1) is 35.8. The summed E-state index contributed by atoms with van der Waals surface area (Å²) in [4.78, 5) is 24.7. The summed E-state index contributed by atoms with van der Waals surface area (Å²) in [7, 11) is 1.28. The van der Waals surface area contributed by atoms with E-state index in [0.717, 1.165) is 34.0 Å². The Morgan fingerprint density at radius 2 is 1.76 bits per heavy atom. The van der Waals surface area contributed by atoms with Crippen molar-refractivity contribution in [1.82, 2.24) is 20.6 Å². The number of halogens is 1. The molecule has 1 aromatic heterocycles. The number of amides is 2. The number of rotatable bonds is 14. The molecule has 12 nitrogen and oxygen atoms in total. The number of ether oxygens (including phenoxy) is 4. The van der Waals surface area contributed by atoms with Gasteiger partial charge in [-0.25, -0.2) is 9.59 Å². The van der Waals surface area contributed by atoms with E-state index in [4.69, 9.17) is 30.5 Å². The molecule has 4 aromatic rings. The summed E-state index contributed by atoms with van der Waals surface area (Å²) in [6.45, 7) is 8.11. The number of aromatic nitrogens is 1. The van der Waals surface area contributed by atoms with Gasteiger partial charge in [-0.05, 0) is 93.4 Å². The number of aryl methyl sites for hydroxylation is 1. The summed E-state index contributed by atoms with van der Waals surface area (Å²) in [5, 5.41) is 20.9. The molecule has 0 saturated heterocycles. The zero-order chi connectivity index (χ0) is 35.8. The number of benzene rings is 3. The van der Waals surface area contributed by atoms with E-state index in [0.29, 0.717) is 41.0 Å². The molecule has 1 aliphatic rings. The average Bonchev–Trinajstić information content (AvgIpc) is 3.38. The van der Waals surface area contributed by atoms with Crippen LogP contribution in [0.1, 0.15) is 48.0 Å². The van der Waals surface area contributed by atoms with Crippen LogP contribution >= 0.6 is 11.6 Å². The number of aliphatic hydroxyl groups excluding tert-OH is 1. The molecule has 2 amide bonds. The third kappa shape index (κ3) is 8.57. The number of hydrazone groups is 1. The van der Waals surface area contributed by atoms with Crippen LogP contribution in [-0.2, 0) is 16.1 Å². The van der Waals surface area contributed by atoms with Gasteiger partial charge in [-0.3, -0.25) is 5.43 Å². The Bertz CT molecular complexity index is 1890. The van der Waals surface area contributed by atoms with Crippen molar-refractivity contribution in [3.05, 3.63) is 117 Å². The zero-order valence-electron chi connectivity index (χ0n) is 28.5. The lowest BCUT2D eigenvalue weighted by Crippen LogP contribution is -2.45. The number of aliphatic hydroxyl groups is 1. The topological polar surface area (TPSA) is 145 Å². The van der Waals surface area contributed by atoms with Gasteiger partial charge in [0, 0.05) is 33.4 Å². The van der Waals surface area contributed by atoms with E-state index < -0.39 is 24.3 Å². The maximum Gasteiger partial charge on any atom is 0.337 e. The third-order valence-corrected chi connectivity index (χ3v) is 8.24. The summed E-state index contributed by atoms with van der Waals surface area (Å²) >= 11 is 5.97. The van der Waals surface area contributed by atoms with Crippen LogP contribution in [0, 0.1) is 13.8 Å². The molecule has 2 atom stereocenters. The van der Waals surface area contributed by atoms with Crippen molar-refractivity contribution >= 4 is 29.8 Å². The van der Waals surface area contributed by atoms with Crippen molar-refractivity contribution in [2.24, 2.45) is 5.10 Å². The smallest absolute Gasteiger partial charge is 0.337 e. The minimum absolute atomic E-state index is 0.140. The molecule has 262 valence electrons. The molecule has 5 rings (SSSR count). The summed E-state index contributed by atoms with van der Waals surface area (Å²) in [5.41, 5.74) is 8.83. The second kappa shape index (κ2) is 16.3. The molecular weight excluding hydrogens is 662 g/mol. The largest absolute Gasteiger partial charge is 0.490 e. The van der Waals surface area contributed by atoms with Crippen molar-refractivity contribution in [2.45, 2.75) is 46.6 Å². The first-order valence-electron chi connectivity index (χ1n) is 16.0. The highest BCUT2D eigenvalue weighted by molar-refractivity contribution is 6.30. The lowest BCUT2D eigenvalue weighted by molar-refractivity contribution is -0.136. The number of methoxy groups -OCH3 is 1. The van der Waals surface area contributed by atoms with Gasteiger partial charge in [-0.2, -0.15) is 5.10 Å². The average molecular weight is 702 g/mol. The molecule has 2 heterocycles. The van der Waals surface area contributed by atoms with Gasteiger partial charge >= 0.3 is 12.0 Å². The third-order valence-electron chi connectivity index (χ3n) is 7.98. The van der Waals surface area contributed by atoms with Crippen molar-refractivity contribution in [3.8, 4) is 22.9 Å². The zero-order valence-corrected chi connectivity index (χ0v) is 29.2. The highest BCUT2D eigenvalue weighted by Crippen LogP contribution is 2.35. The molecule has 0 aliphatic carbocycles. The number of allylic oxidation sites excluding steroid dienone is 1. The quantitative estimate of drug-likeness (QED) is 0.0555. The Balaban J connectivity index is 1.19. The Kier molecular flexibility index (Phi) is 11.7. The fourth-order valence-corrected chi connectivity index (χ4v) is 5.70. The van der Waals surface area contributed by atoms with E-state index in [2.05, 4.69) is 25.7 Å². The van der Waals surface area contributed by atoms with E-state index in [-0.39, 0.29) is 12.2 Å². The summed E-state index contributed by atoms with van der Waals surface area (Å²) in [6.07, 6.45) is 0.512. The van der Waals surface area contributed by atoms with Crippen LogP contribution < -0.4 is 30.3 Å². The molecule has 50 heavy (non-hydrogen) atoms. The van der Waals surface area contributed by atoms with Gasteiger partial charge in [0.1, 0.15) is 19.0 Å². The van der Waals surface area contributed by atoms with Crippen LogP contribution in [0.15, 0.2) is 89.2 Å². The summed E-state index contributed by atoms with van der Waals surface area (Å²) < 4.78 is 24.6. The number of urea groups is 1. The van der Waals surface area contributed by atoms with Crippen LogP contribution in [-0.4, -0.2) is 54.4 Å². The summed E-state index contributed by atoms with van der Waals surface area (Å²) in [6, 6.07) is 21.3. The Morgan fingerprint density at radius 1 is 1.02 bits per heavy atom. The van der Waals surface area contributed by atoms with E-state index in [1.807, 2.05) is 75.4 Å². The number of carbonyl (C=O) groups is 2. The van der Waals surface area contributed by atoms with Crippen molar-refractivity contribution in [3.63, 3.8) is 0 Å². The van der Waals surface area contributed by atoms with Crippen LogP contribution in [0.4, 0.5) is 4.79 Å². The minimum atomic E-state index is -1.13. The highest BCUT2D eigenvalue weighted by atomic mass is 35.5. The van der Waals surface area contributed by atoms with Crippen LogP contribution in [0.25, 0.3) is 5.69 Å². The van der Waals surface area contributed by atoms with Crippen LogP contribution in [0.3, 0.4) is 0 Å². The summed E-state index contributed by atoms with van der Waals surface area (Å²) in [5.74, 6) is 0.934. The van der Waals surface area contributed by atoms with Gasteiger partial charge in [0.15, 0.2) is 17.7 Å². The number of hydrogen-bond acceptors (Lipinski definition) is 9. The van der Waals surface area contributed by atoms with E-state index in [9.17, 15) is 14.7 Å². The predicted octanol–water partition coefficient (Wildman–Crippen LogP) is 5.85. The Hall–Kier alpha value is -5.46. The molecule has 0 spiro atoms. The van der Waals surface area contributed by atoms with Gasteiger partial charge in [0.05, 0.1) is 31.5 Å². The lowest BCUT2D eigenvalue weighted by atomic mass is 9.95. The number of carbonyl (C=O) groups excluding carboxylic acids is 2. The molecule has 1 aliphatic heterocycles. The standard InChI is InChI=1S/C37H40ClN5O7/c1-6-48-32-18-26(35-34(36(45)47-5)23(3)40-37(46)41-35)9-16-31(32)50-21-33(44)42-39-19-27-17-22(2)43(24(27)4)29-12-14-30(15-13-29)49-20-25-7-10-28(38)11-8-25/h7-19,33,35,42,44H,6,20-21H2,1-5H3,(H2,40,41,46)/b39-19+/t33-,35-/m1/s1. The Morgan fingerprint density at radius 3 is 2.46 bits per heavy atom. The maximum absolute atomic E-state index is 12.5. The van der Waals surface area contributed by atoms with Crippen LogP contribution in [0.5, 0.6) is 17.2 Å². The first-order valence-corrected chi connectivity index (χ1v) is 16.3. The van der Waals surface area contributed by atoms with Gasteiger partial charge < -0.3 is 39.3 Å². The second-order valence-electron chi connectivity index (χ2n) is 11.5. The fourth-order valence-electron chi connectivity index (χ4n) is 5.57. The van der Waals surface area contributed by atoms with Crippen molar-refractivity contribution in [2.75, 3.05) is 20.3 Å². The van der Waals surface area contributed by atoms with Crippen molar-refractivity contribution < 1.29 is 33.6 Å². The minimum Gasteiger partial charge on any atom is -0.490 e. The molecule has 0 saturated carbocycles. The van der Waals surface area contributed by atoms with Gasteiger partial charge in [-0.15, -0.1) is 0 Å².